The van der Waals surface area contributed by atoms with Gasteiger partial charge in [0.05, 0.1) is 11.1 Å². The minimum absolute atomic E-state index is 0.555. The Labute approximate surface area is 246 Å². The average molecular weight is 593 g/mol. The maximum absolute atomic E-state index is 9.70. The first kappa shape index (κ1) is 26.5. The van der Waals surface area contributed by atoms with Crippen molar-refractivity contribution in [3.05, 3.63) is 88.9 Å². The van der Waals surface area contributed by atoms with Crippen molar-refractivity contribution in [2.24, 2.45) is 0 Å². The van der Waals surface area contributed by atoms with Gasteiger partial charge < -0.3 is 0 Å². The summed E-state index contributed by atoms with van der Waals surface area (Å²) in [6, 6.07) is 24.4. The van der Waals surface area contributed by atoms with Crippen molar-refractivity contribution in [2.75, 3.05) is 0 Å². The van der Waals surface area contributed by atoms with Gasteiger partial charge in [-0.15, -0.1) is 56.7 Å². The summed E-state index contributed by atoms with van der Waals surface area (Å²) in [5.74, 6) is 0. The molecule has 0 aromatic carbocycles. The minimum atomic E-state index is 0.555. The Morgan fingerprint density at radius 3 is 1.38 bits per heavy atom. The van der Waals surface area contributed by atoms with Gasteiger partial charge in [0, 0.05) is 39.0 Å². The van der Waals surface area contributed by atoms with Crippen LogP contribution in [0.4, 0.5) is 0 Å². The Balaban J connectivity index is 1.42. The average Bonchev–Trinajstić information content (AvgIpc) is 3.76. The van der Waals surface area contributed by atoms with Crippen LogP contribution < -0.4 is 0 Å². The van der Waals surface area contributed by atoms with E-state index in [0.717, 1.165) is 30.6 Å². The molecule has 0 fully saturated rings. The third kappa shape index (κ3) is 5.56. The topological polar surface area (TPSA) is 95.2 Å². The van der Waals surface area contributed by atoms with Gasteiger partial charge >= 0.3 is 0 Å². The zero-order valence-corrected chi connectivity index (χ0v) is 24.7. The lowest BCUT2D eigenvalue weighted by atomic mass is 10.2. The number of hydrogen-bond acceptors (Lipinski definition) is 9. The standard InChI is InChI=1S/C30H16N4S5/c1-17-9-23(11-19(13-31)25-5-3-21(15-33)35-25)37-29(17)27-7-8-28(39-27)30-18(2)10-24(38-30)12-20(14-32)26-6-4-22(16-34)36-26/h3-12H,1-2H3/b19-11+,20-12+. The van der Waals surface area contributed by atoms with Gasteiger partial charge in [-0.05, 0) is 85.7 Å². The highest BCUT2D eigenvalue weighted by molar-refractivity contribution is 7.27. The van der Waals surface area contributed by atoms with Gasteiger partial charge in [0.25, 0.3) is 0 Å². The van der Waals surface area contributed by atoms with Gasteiger partial charge in [0.1, 0.15) is 34.0 Å². The molecule has 5 heterocycles. The smallest absolute Gasteiger partial charge is 0.110 e. The third-order valence-electron chi connectivity index (χ3n) is 5.70. The normalized spacial score (nSPS) is 11.5. The van der Waals surface area contributed by atoms with Gasteiger partial charge in [-0.1, -0.05) is 0 Å². The highest BCUT2D eigenvalue weighted by Crippen LogP contribution is 2.44. The summed E-state index contributed by atoms with van der Waals surface area (Å²) in [6.45, 7) is 4.16. The van der Waals surface area contributed by atoms with E-state index >= 15 is 0 Å². The van der Waals surface area contributed by atoms with Crippen LogP contribution in [0, 0.1) is 59.2 Å². The second kappa shape index (κ2) is 11.4. The summed E-state index contributed by atoms with van der Waals surface area (Å²) in [6.07, 6.45) is 3.79. The van der Waals surface area contributed by atoms with Gasteiger partial charge in [-0.2, -0.15) is 21.0 Å². The summed E-state index contributed by atoms with van der Waals surface area (Å²) >= 11 is 7.68. The number of allylic oxidation sites excluding steroid dienone is 2. The van der Waals surface area contributed by atoms with Crippen molar-refractivity contribution in [3.8, 4) is 43.8 Å². The summed E-state index contributed by atoms with van der Waals surface area (Å²) in [4.78, 5) is 9.44. The Bertz CT molecular complexity index is 1800. The molecule has 0 atom stereocenters. The first-order valence-corrected chi connectivity index (χ1v) is 15.6. The molecule has 186 valence electrons. The fraction of sp³-hybridized carbons (Fsp3) is 0.0667. The number of thiophene rings is 5. The third-order valence-corrected chi connectivity index (χ3v) is 11.6. The Kier molecular flexibility index (Phi) is 7.73. The van der Waals surface area contributed by atoms with Gasteiger partial charge in [-0.25, -0.2) is 0 Å². The SMILES string of the molecule is Cc1cc(/C=C(\C#N)c2ccc(C#N)s2)sc1-c1ccc(-c2sc(/C=C(\C#N)c3ccc(C#N)s3)cc2C)s1. The predicted molar refractivity (Wildman–Crippen MR) is 165 cm³/mol. The van der Waals surface area contributed by atoms with E-state index in [4.69, 9.17) is 10.5 Å². The molecule has 0 aliphatic rings. The van der Waals surface area contributed by atoms with Crippen LogP contribution in [-0.2, 0) is 0 Å². The molecule has 0 radical (unpaired) electrons. The predicted octanol–water partition coefficient (Wildman–Crippen LogP) is 9.82. The molecule has 5 aromatic heterocycles. The minimum Gasteiger partial charge on any atom is -0.192 e. The lowest BCUT2D eigenvalue weighted by molar-refractivity contribution is 1.52. The van der Waals surface area contributed by atoms with Crippen LogP contribution in [0.25, 0.3) is 42.8 Å². The number of hydrogen-bond donors (Lipinski definition) is 0. The largest absolute Gasteiger partial charge is 0.192 e. The van der Waals surface area contributed by atoms with E-state index in [1.54, 1.807) is 46.1 Å². The van der Waals surface area contributed by atoms with Crippen LogP contribution in [-0.4, -0.2) is 0 Å². The lowest BCUT2D eigenvalue weighted by Crippen LogP contribution is -1.73. The maximum atomic E-state index is 9.70. The molecular formula is C30H16N4S5. The first-order valence-electron chi connectivity index (χ1n) is 11.5. The fourth-order valence-electron chi connectivity index (χ4n) is 3.91. The van der Waals surface area contributed by atoms with E-state index in [1.807, 2.05) is 24.3 Å². The molecular weight excluding hydrogens is 577 g/mol. The van der Waals surface area contributed by atoms with Crippen LogP contribution in [0.5, 0.6) is 0 Å². The van der Waals surface area contributed by atoms with Gasteiger partial charge in [0.15, 0.2) is 0 Å². The van der Waals surface area contributed by atoms with E-state index < -0.39 is 0 Å². The van der Waals surface area contributed by atoms with E-state index in [-0.39, 0.29) is 0 Å². The molecule has 0 aliphatic heterocycles. The van der Waals surface area contributed by atoms with Crippen molar-refractivity contribution in [2.45, 2.75) is 13.8 Å². The number of aryl methyl sites for hydroxylation is 2. The summed E-state index contributed by atoms with van der Waals surface area (Å²) in [7, 11) is 0. The number of nitriles is 4. The molecule has 0 amide bonds. The molecule has 9 heteroatoms. The van der Waals surface area contributed by atoms with Crippen molar-refractivity contribution < 1.29 is 0 Å². The molecule has 4 nitrogen and oxygen atoms in total. The maximum Gasteiger partial charge on any atom is 0.110 e. The number of nitrogens with zero attached hydrogens (tertiary/aromatic N) is 4. The van der Waals surface area contributed by atoms with Crippen molar-refractivity contribution in [1.82, 2.24) is 0 Å². The lowest BCUT2D eigenvalue weighted by Gasteiger charge is -1.96. The molecule has 39 heavy (non-hydrogen) atoms. The van der Waals surface area contributed by atoms with E-state index in [9.17, 15) is 10.5 Å². The zero-order chi connectivity index (χ0) is 27.5. The number of rotatable bonds is 6. The van der Waals surface area contributed by atoms with Gasteiger partial charge in [0.2, 0.25) is 0 Å². The molecule has 5 aromatic rings. The Morgan fingerprint density at radius 2 is 1.03 bits per heavy atom. The molecule has 0 spiro atoms. The van der Waals surface area contributed by atoms with Crippen LogP contribution in [0.3, 0.4) is 0 Å². The van der Waals surface area contributed by atoms with E-state index in [2.05, 4.69) is 62.4 Å². The van der Waals surface area contributed by atoms with Crippen LogP contribution in [0.1, 0.15) is 40.4 Å². The quantitative estimate of drug-likeness (QED) is 0.183. The monoisotopic (exact) mass is 592 g/mol. The zero-order valence-electron chi connectivity index (χ0n) is 20.6. The second-order valence-electron chi connectivity index (χ2n) is 8.38. The summed E-state index contributed by atoms with van der Waals surface area (Å²) in [5, 5.41) is 37.6. The molecule has 0 aliphatic carbocycles. The van der Waals surface area contributed by atoms with Crippen LogP contribution in [0.2, 0.25) is 0 Å². The van der Waals surface area contributed by atoms with Crippen molar-refractivity contribution in [3.63, 3.8) is 0 Å². The van der Waals surface area contributed by atoms with Crippen LogP contribution in [0.15, 0.2) is 48.5 Å². The van der Waals surface area contributed by atoms with Crippen molar-refractivity contribution >= 4 is 80.0 Å². The fourth-order valence-corrected chi connectivity index (χ4v) is 9.04. The highest BCUT2D eigenvalue weighted by Gasteiger charge is 2.15. The first-order chi connectivity index (χ1) is 18.9. The molecule has 0 saturated heterocycles. The molecule has 5 rings (SSSR count). The van der Waals surface area contributed by atoms with Crippen molar-refractivity contribution in [1.29, 1.82) is 21.0 Å². The second-order valence-corrected chi connectivity index (χ2v) is 13.8. The molecule has 0 saturated carbocycles. The Morgan fingerprint density at radius 1 is 0.590 bits per heavy atom. The molecule has 0 unspecified atom stereocenters. The highest BCUT2D eigenvalue weighted by atomic mass is 32.1. The summed E-state index contributed by atoms with van der Waals surface area (Å²) in [5.41, 5.74) is 3.41. The van der Waals surface area contributed by atoms with E-state index in [1.165, 1.54) is 42.2 Å². The molecule has 0 N–H and O–H groups in total. The Hall–Kier alpha value is -4.06. The van der Waals surface area contributed by atoms with Crippen LogP contribution >= 0.6 is 56.7 Å². The van der Waals surface area contributed by atoms with Gasteiger partial charge in [-0.3, -0.25) is 0 Å². The summed E-state index contributed by atoms with van der Waals surface area (Å²) < 4.78 is 0. The van der Waals surface area contributed by atoms with E-state index in [0.29, 0.717) is 20.9 Å². The molecule has 0 bridgehead atoms.